The van der Waals surface area contributed by atoms with Gasteiger partial charge >= 0.3 is 0 Å². The van der Waals surface area contributed by atoms with E-state index in [4.69, 9.17) is 4.74 Å². The van der Waals surface area contributed by atoms with Crippen LogP contribution >= 0.6 is 0 Å². The van der Waals surface area contributed by atoms with Crippen LogP contribution in [0, 0.1) is 17.8 Å². The number of aldehydes is 1. The molecule has 7 heteroatoms. The molecule has 29 heavy (non-hydrogen) atoms. The molecule has 0 heterocycles. The smallest absolute Gasteiger partial charge is 0.245 e. The standard InChI is InChI=1S/C22H43N3O4/c1-11-16(6)20(17(29-10)12-13-26)25(9)22(28)18(14(2)3)23-21(27)19(15(4)5)24(7)8/h13-20H,11-12H2,1-10H3,(H,23,27). The van der Waals surface area contributed by atoms with Gasteiger partial charge in [-0.25, -0.2) is 0 Å². The Labute approximate surface area is 177 Å². The number of nitrogens with zero attached hydrogens (tertiary/aromatic N) is 2. The van der Waals surface area contributed by atoms with Crippen LogP contribution in [-0.2, 0) is 19.1 Å². The van der Waals surface area contributed by atoms with Crippen LogP contribution in [0.2, 0.25) is 0 Å². The van der Waals surface area contributed by atoms with Crippen molar-refractivity contribution in [2.45, 2.75) is 78.6 Å². The van der Waals surface area contributed by atoms with Gasteiger partial charge in [-0.15, -0.1) is 0 Å². The molecular weight excluding hydrogens is 370 g/mol. The molecule has 0 saturated heterocycles. The molecule has 0 aliphatic carbocycles. The van der Waals surface area contributed by atoms with Crippen molar-refractivity contribution in [3.63, 3.8) is 0 Å². The van der Waals surface area contributed by atoms with Gasteiger partial charge in [0.2, 0.25) is 11.8 Å². The summed E-state index contributed by atoms with van der Waals surface area (Å²) in [6.07, 6.45) is 1.51. The summed E-state index contributed by atoms with van der Waals surface area (Å²) in [6, 6.07) is -1.22. The minimum absolute atomic E-state index is 0.0754. The van der Waals surface area contributed by atoms with Crippen LogP contribution in [0.5, 0.6) is 0 Å². The van der Waals surface area contributed by atoms with Gasteiger partial charge in [-0.1, -0.05) is 48.0 Å². The van der Waals surface area contributed by atoms with Crippen LogP contribution in [0.1, 0.15) is 54.4 Å². The fourth-order valence-corrected chi connectivity index (χ4v) is 3.96. The monoisotopic (exact) mass is 413 g/mol. The van der Waals surface area contributed by atoms with Gasteiger partial charge in [0, 0.05) is 20.6 Å². The third kappa shape index (κ3) is 7.70. The average molecular weight is 414 g/mol. The van der Waals surface area contributed by atoms with E-state index in [1.807, 2.05) is 46.7 Å². The summed E-state index contributed by atoms with van der Waals surface area (Å²) < 4.78 is 5.55. The lowest BCUT2D eigenvalue weighted by Gasteiger charge is -2.40. The number of amides is 2. The lowest BCUT2D eigenvalue weighted by molar-refractivity contribution is -0.144. The van der Waals surface area contributed by atoms with Gasteiger partial charge in [0.15, 0.2) is 0 Å². The Balaban J connectivity index is 5.73. The Hall–Kier alpha value is -1.47. The van der Waals surface area contributed by atoms with Gasteiger partial charge in [-0.05, 0) is 31.8 Å². The number of carbonyl (C=O) groups is 3. The summed E-state index contributed by atoms with van der Waals surface area (Å²) in [6.45, 7) is 11.9. The Morgan fingerprint density at radius 1 is 1.03 bits per heavy atom. The van der Waals surface area contributed by atoms with Crippen molar-refractivity contribution in [2.24, 2.45) is 17.8 Å². The highest BCUT2D eigenvalue weighted by atomic mass is 16.5. The zero-order chi connectivity index (χ0) is 22.9. The molecule has 0 fully saturated rings. The Morgan fingerprint density at radius 2 is 1.59 bits per heavy atom. The topological polar surface area (TPSA) is 79.0 Å². The van der Waals surface area contributed by atoms with Crippen molar-refractivity contribution in [3.05, 3.63) is 0 Å². The third-order valence-corrected chi connectivity index (χ3v) is 5.72. The highest BCUT2D eigenvalue weighted by molar-refractivity contribution is 5.90. The minimum atomic E-state index is -0.644. The number of hydrogen-bond acceptors (Lipinski definition) is 5. The zero-order valence-corrected chi connectivity index (χ0v) is 20.1. The first kappa shape index (κ1) is 27.5. The first-order valence-corrected chi connectivity index (χ1v) is 10.6. The molecule has 0 spiro atoms. The van der Waals surface area contributed by atoms with Crippen LogP contribution in [-0.4, -0.2) is 80.4 Å². The van der Waals surface area contributed by atoms with E-state index in [2.05, 4.69) is 19.2 Å². The summed E-state index contributed by atoms with van der Waals surface area (Å²) in [5.41, 5.74) is 0. The maximum atomic E-state index is 13.4. The highest BCUT2D eigenvalue weighted by Gasteiger charge is 2.37. The maximum Gasteiger partial charge on any atom is 0.245 e. The maximum absolute atomic E-state index is 13.4. The van der Waals surface area contributed by atoms with Gasteiger partial charge in [0.25, 0.3) is 0 Å². The predicted molar refractivity (Wildman–Crippen MR) is 117 cm³/mol. The van der Waals surface area contributed by atoms with E-state index in [0.717, 1.165) is 12.7 Å². The normalized spacial score (nSPS) is 17.0. The van der Waals surface area contributed by atoms with Gasteiger partial charge in [-0.2, -0.15) is 0 Å². The van der Waals surface area contributed by atoms with E-state index >= 15 is 0 Å². The van der Waals surface area contributed by atoms with Gasteiger partial charge in [0.05, 0.1) is 18.2 Å². The second-order valence-corrected chi connectivity index (χ2v) is 8.88. The van der Waals surface area contributed by atoms with E-state index in [9.17, 15) is 14.4 Å². The molecule has 0 rings (SSSR count). The summed E-state index contributed by atoms with van der Waals surface area (Å²) in [5.74, 6) is -0.130. The molecule has 170 valence electrons. The number of methoxy groups -OCH3 is 1. The molecule has 0 bridgehead atoms. The van der Waals surface area contributed by atoms with Crippen LogP contribution in [0.25, 0.3) is 0 Å². The SMILES string of the molecule is CCC(C)C(C(CC=O)OC)N(C)C(=O)C(NC(=O)C(C(C)C)N(C)C)C(C)C. The van der Waals surface area contributed by atoms with Crippen LogP contribution < -0.4 is 5.32 Å². The van der Waals surface area contributed by atoms with Crippen molar-refractivity contribution in [1.29, 1.82) is 0 Å². The average Bonchev–Trinajstić information content (AvgIpc) is 2.63. The lowest BCUT2D eigenvalue weighted by atomic mass is 9.90. The molecule has 0 radical (unpaired) electrons. The van der Waals surface area contributed by atoms with Crippen molar-refractivity contribution in [3.8, 4) is 0 Å². The summed E-state index contributed by atoms with van der Waals surface area (Å²) >= 11 is 0. The van der Waals surface area contributed by atoms with E-state index in [1.54, 1.807) is 19.1 Å². The van der Waals surface area contributed by atoms with Crippen LogP contribution in [0.15, 0.2) is 0 Å². The van der Waals surface area contributed by atoms with Crippen molar-refractivity contribution in [2.75, 3.05) is 28.3 Å². The van der Waals surface area contributed by atoms with Gasteiger partial charge < -0.3 is 19.7 Å². The van der Waals surface area contributed by atoms with Crippen LogP contribution in [0.3, 0.4) is 0 Å². The number of rotatable bonds is 13. The lowest BCUT2D eigenvalue weighted by Crippen LogP contribution is -2.59. The zero-order valence-electron chi connectivity index (χ0n) is 20.1. The molecule has 0 aromatic rings. The summed E-state index contributed by atoms with van der Waals surface area (Å²) in [5, 5.41) is 2.98. The first-order valence-electron chi connectivity index (χ1n) is 10.6. The molecule has 5 unspecified atom stereocenters. The number of carbonyl (C=O) groups excluding carboxylic acids is 3. The molecular formula is C22H43N3O4. The highest BCUT2D eigenvalue weighted by Crippen LogP contribution is 2.23. The number of nitrogens with one attached hydrogen (secondary N) is 1. The second-order valence-electron chi connectivity index (χ2n) is 8.88. The summed E-state index contributed by atoms with van der Waals surface area (Å²) in [4.78, 5) is 41.0. The quantitative estimate of drug-likeness (QED) is 0.468. The minimum Gasteiger partial charge on any atom is -0.379 e. The number of ether oxygens (including phenoxy) is 1. The Morgan fingerprint density at radius 3 is 1.93 bits per heavy atom. The van der Waals surface area contributed by atoms with E-state index in [0.29, 0.717) is 0 Å². The molecule has 7 nitrogen and oxygen atoms in total. The van der Waals surface area contributed by atoms with Crippen molar-refractivity contribution >= 4 is 18.1 Å². The molecule has 1 N–H and O–H groups in total. The molecule has 0 aromatic carbocycles. The van der Waals surface area contributed by atoms with E-state index in [1.165, 1.54) is 0 Å². The Kier molecular flexibility index (Phi) is 12.3. The third-order valence-electron chi connectivity index (χ3n) is 5.72. The van der Waals surface area contributed by atoms with Gasteiger partial charge in [0.1, 0.15) is 12.3 Å². The number of hydrogen-bond donors (Lipinski definition) is 1. The van der Waals surface area contributed by atoms with Crippen molar-refractivity contribution < 1.29 is 19.1 Å². The van der Waals surface area contributed by atoms with Crippen molar-refractivity contribution in [1.82, 2.24) is 15.1 Å². The second kappa shape index (κ2) is 13.0. The molecule has 0 aromatic heterocycles. The Bertz CT molecular complexity index is 514. The molecule has 5 atom stereocenters. The molecule has 0 saturated carbocycles. The molecule has 0 aliphatic heterocycles. The van der Waals surface area contributed by atoms with Crippen LogP contribution in [0.4, 0.5) is 0 Å². The fraction of sp³-hybridized carbons (Fsp3) is 0.864. The number of likely N-dealkylation sites (N-methyl/N-ethyl adjacent to an activating group) is 2. The van der Waals surface area contributed by atoms with E-state index < -0.39 is 6.04 Å². The fourth-order valence-electron chi connectivity index (χ4n) is 3.96. The van der Waals surface area contributed by atoms with Gasteiger partial charge in [-0.3, -0.25) is 14.5 Å². The predicted octanol–water partition coefficient (Wildman–Crippen LogP) is 2.19. The molecule has 2 amide bonds. The van der Waals surface area contributed by atoms with E-state index in [-0.39, 0.29) is 54.2 Å². The summed E-state index contributed by atoms with van der Waals surface area (Å²) in [7, 11) is 7.03. The molecule has 0 aliphatic rings. The first-order chi connectivity index (χ1) is 13.4. The largest absolute Gasteiger partial charge is 0.379 e.